The Kier molecular flexibility index (Phi) is 6.13. The van der Waals surface area contributed by atoms with E-state index < -0.39 is 0 Å². The molecule has 94 valence electrons. The third kappa shape index (κ3) is 5.37. The second kappa shape index (κ2) is 7.70. The van der Waals surface area contributed by atoms with Gasteiger partial charge in [-0.2, -0.15) is 0 Å². The molecule has 0 aliphatic rings. The van der Waals surface area contributed by atoms with E-state index in [-0.39, 0.29) is 19.1 Å². The third-order valence-electron chi connectivity index (χ3n) is 2.14. The molecular formula is C11H18N4O2. The number of nitrogens with zero attached hydrogens (tertiary/aromatic N) is 3. The molecule has 17 heavy (non-hydrogen) atoms. The van der Waals surface area contributed by atoms with Crippen molar-refractivity contribution >= 4 is 11.9 Å². The van der Waals surface area contributed by atoms with Gasteiger partial charge in [0, 0.05) is 18.9 Å². The molecule has 2 N–H and O–H groups in total. The lowest BCUT2D eigenvalue weighted by atomic mass is 10.4. The number of aliphatic hydroxyl groups excluding tert-OH is 1. The summed E-state index contributed by atoms with van der Waals surface area (Å²) in [6.07, 6.45) is 4.08. The fourth-order valence-corrected chi connectivity index (χ4v) is 1.46. The zero-order valence-corrected chi connectivity index (χ0v) is 9.96. The Morgan fingerprint density at radius 2 is 2.12 bits per heavy atom. The fraction of sp³-hybridized carbons (Fsp3) is 0.545. The molecule has 0 unspecified atom stereocenters. The smallest absolute Gasteiger partial charge is 0.240 e. The van der Waals surface area contributed by atoms with Gasteiger partial charge in [-0.15, -0.1) is 0 Å². The molecule has 1 heterocycles. The number of hydrogen-bond donors (Lipinski definition) is 2. The fourth-order valence-electron chi connectivity index (χ4n) is 1.46. The highest BCUT2D eigenvalue weighted by Gasteiger charge is 2.10. The molecule has 0 aromatic carbocycles. The van der Waals surface area contributed by atoms with Crippen molar-refractivity contribution in [2.45, 2.75) is 13.3 Å². The second-order valence-corrected chi connectivity index (χ2v) is 3.62. The molecule has 0 radical (unpaired) electrons. The number of anilines is 1. The van der Waals surface area contributed by atoms with Gasteiger partial charge in [-0.1, -0.05) is 6.92 Å². The monoisotopic (exact) mass is 238 g/mol. The average Bonchev–Trinajstić information content (AvgIpc) is 2.30. The van der Waals surface area contributed by atoms with Gasteiger partial charge >= 0.3 is 0 Å². The molecule has 1 aromatic heterocycles. The Hall–Kier alpha value is -1.53. The van der Waals surface area contributed by atoms with Crippen molar-refractivity contribution < 1.29 is 9.90 Å². The van der Waals surface area contributed by atoms with Crippen LogP contribution in [0.15, 0.2) is 18.5 Å². The van der Waals surface area contributed by atoms with Crippen LogP contribution in [0.2, 0.25) is 0 Å². The van der Waals surface area contributed by atoms with Gasteiger partial charge in [-0.25, -0.2) is 9.97 Å². The van der Waals surface area contributed by atoms with Crippen molar-refractivity contribution in [3.8, 4) is 0 Å². The number of hydrogen-bond acceptors (Lipinski definition) is 5. The summed E-state index contributed by atoms with van der Waals surface area (Å²) in [5, 5.41) is 11.5. The van der Waals surface area contributed by atoms with Crippen LogP contribution < -0.4 is 5.32 Å². The minimum atomic E-state index is -0.168. The van der Waals surface area contributed by atoms with Crippen molar-refractivity contribution in [2.75, 3.05) is 31.6 Å². The standard InChI is InChI=1S/C11H18N4O2/c1-2-6-15(7-8-16)9-10(17)14-11-12-4-3-5-13-11/h3-5,16H,2,6-9H2,1H3,(H,12,13,14,17). The number of rotatable bonds is 7. The van der Waals surface area contributed by atoms with Gasteiger partial charge in [-0.05, 0) is 19.0 Å². The van der Waals surface area contributed by atoms with E-state index in [1.54, 1.807) is 18.5 Å². The van der Waals surface area contributed by atoms with Crippen LogP contribution in [0.5, 0.6) is 0 Å². The van der Waals surface area contributed by atoms with Crippen LogP contribution in [0.3, 0.4) is 0 Å². The van der Waals surface area contributed by atoms with Crippen molar-refractivity contribution in [1.29, 1.82) is 0 Å². The predicted molar refractivity (Wildman–Crippen MR) is 64.5 cm³/mol. The van der Waals surface area contributed by atoms with Gasteiger partial charge in [0.2, 0.25) is 11.9 Å². The zero-order valence-electron chi connectivity index (χ0n) is 9.96. The van der Waals surface area contributed by atoms with E-state index in [2.05, 4.69) is 15.3 Å². The Labute approximate surface area is 101 Å². The topological polar surface area (TPSA) is 78.4 Å². The van der Waals surface area contributed by atoms with Gasteiger partial charge in [0.25, 0.3) is 0 Å². The summed E-state index contributed by atoms with van der Waals surface area (Å²) < 4.78 is 0. The number of aromatic nitrogens is 2. The Balaban J connectivity index is 2.42. The van der Waals surface area contributed by atoms with E-state index in [0.717, 1.165) is 13.0 Å². The van der Waals surface area contributed by atoms with Crippen molar-refractivity contribution in [3.63, 3.8) is 0 Å². The Bertz CT molecular complexity index is 326. The first-order valence-electron chi connectivity index (χ1n) is 5.66. The molecule has 0 spiro atoms. The minimum absolute atomic E-state index is 0.0507. The first kappa shape index (κ1) is 13.5. The molecule has 0 atom stereocenters. The van der Waals surface area contributed by atoms with E-state index in [0.29, 0.717) is 12.5 Å². The molecule has 0 aliphatic carbocycles. The van der Waals surface area contributed by atoms with E-state index in [9.17, 15) is 4.79 Å². The number of carbonyl (C=O) groups is 1. The molecule has 0 bridgehead atoms. The molecule has 0 fully saturated rings. The quantitative estimate of drug-likeness (QED) is 0.705. The lowest BCUT2D eigenvalue weighted by Gasteiger charge is -2.19. The third-order valence-corrected chi connectivity index (χ3v) is 2.14. The van der Waals surface area contributed by atoms with Crippen LogP contribution in [0.1, 0.15) is 13.3 Å². The highest BCUT2D eigenvalue weighted by molar-refractivity contribution is 5.90. The molecule has 0 saturated carbocycles. The predicted octanol–water partition coefficient (Wildman–Crippen LogP) is 0.119. The lowest BCUT2D eigenvalue weighted by Crippen LogP contribution is -2.36. The zero-order chi connectivity index (χ0) is 12.5. The van der Waals surface area contributed by atoms with Crippen molar-refractivity contribution in [1.82, 2.24) is 14.9 Å². The molecule has 6 nitrogen and oxygen atoms in total. The Morgan fingerprint density at radius 1 is 1.41 bits per heavy atom. The maximum absolute atomic E-state index is 11.7. The van der Waals surface area contributed by atoms with E-state index in [1.807, 2.05) is 11.8 Å². The lowest BCUT2D eigenvalue weighted by molar-refractivity contribution is -0.117. The summed E-state index contributed by atoms with van der Waals surface area (Å²) in [6, 6.07) is 1.69. The molecule has 1 amide bonds. The highest BCUT2D eigenvalue weighted by Crippen LogP contribution is 1.96. The molecule has 6 heteroatoms. The first-order valence-corrected chi connectivity index (χ1v) is 5.66. The van der Waals surface area contributed by atoms with Crippen LogP contribution in [-0.2, 0) is 4.79 Å². The van der Waals surface area contributed by atoms with Gasteiger partial charge < -0.3 is 5.11 Å². The Morgan fingerprint density at radius 3 is 2.71 bits per heavy atom. The number of amides is 1. The number of carbonyl (C=O) groups excluding carboxylic acids is 1. The van der Waals surface area contributed by atoms with Crippen molar-refractivity contribution in [2.24, 2.45) is 0 Å². The van der Waals surface area contributed by atoms with E-state index >= 15 is 0 Å². The molecule has 1 aromatic rings. The van der Waals surface area contributed by atoms with Crippen LogP contribution in [0, 0.1) is 0 Å². The summed E-state index contributed by atoms with van der Waals surface area (Å²) in [5.41, 5.74) is 0. The average molecular weight is 238 g/mol. The summed E-state index contributed by atoms with van der Waals surface area (Å²) in [4.78, 5) is 21.4. The number of nitrogens with one attached hydrogen (secondary N) is 1. The summed E-state index contributed by atoms with van der Waals surface area (Å²) in [7, 11) is 0. The molecule has 0 aliphatic heterocycles. The largest absolute Gasteiger partial charge is 0.395 e. The van der Waals surface area contributed by atoms with Crippen LogP contribution in [0.4, 0.5) is 5.95 Å². The normalized spacial score (nSPS) is 10.5. The maximum Gasteiger partial charge on any atom is 0.240 e. The highest BCUT2D eigenvalue weighted by atomic mass is 16.3. The number of aliphatic hydroxyl groups is 1. The van der Waals surface area contributed by atoms with E-state index in [1.165, 1.54) is 0 Å². The summed E-state index contributed by atoms with van der Waals surface area (Å²) >= 11 is 0. The van der Waals surface area contributed by atoms with Gasteiger partial charge in [-0.3, -0.25) is 15.0 Å². The maximum atomic E-state index is 11.7. The van der Waals surface area contributed by atoms with Crippen LogP contribution >= 0.6 is 0 Å². The molecular weight excluding hydrogens is 220 g/mol. The summed E-state index contributed by atoms with van der Waals surface area (Å²) in [6.45, 7) is 3.60. The summed E-state index contributed by atoms with van der Waals surface area (Å²) in [5.74, 6) is 0.135. The van der Waals surface area contributed by atoms with Gasteiger partial charge in [0.15, 0.2) is 0 Å². The molecule has 0 saturated heterocycles. The molecule has 1 rings (SSSR count). The van der Waals surface area contributed by atoms with Crippen LogP contribution in [-0.4, -0.2) is 52.1 Å². The minimum Gasteiger partial charge on any atom is -0.395 e. The van der Waals surface area contributed by atoms with Gasteiger partial charge in [0.05, 0.1) is 13.2 Å². The van der Waals surface area contributed by atoms with Crippen molar-refractivity contribution in [3.05, 3.63) is 18.5 Å². The second-order valence-electron chi connectivity index (χ2n) is 3.62. The van der Waals surface area contributed by atoms with Gasteiger partial charge in [0.1, 0.15) is 0 Å². The first-order chi connectivity index (χ1) is 8.26. The van der Waals surface area contributed by atoms with Crippen LogP contribution in [0.25, 0.3) is 0 Å². The van der Waals surface area contributed by atoms with E-state index in [4.69, 9.17) is 5.11 Å². The SMILES string of the molecule is CCCN(CCO)CC(=O)Nc1ncccn1.